The van der Waals surface area contributed by atoms with Gasteiger partial charge in [0.15, 0.2) is 11.5 Å². The van der Waals surface area contributed by atoms with E-state index in [1.165, 1.54) is 22.7 Å². The fourth-order valence-corrected chi connectivity index (χ4v) is 1.93. The van der Waals surface area contributed by atoms with Gasteiger partial charge >= 0.3 is 0 Å². The van der Waals surface area contributed by atoms with Gasteiger partial charge in [0.25, 0.3) is 0 Å². The number of benzene rings is 1. The summed E-state index contributed by atoms with van der Waals surface area (Å²) >= 11 is 0. The topological polar surface area (TPSA) is 60.4 Å². The van der Waals surface area contributed by atoms with Crippen molar-refractivity contribution in [3.05, 3.63) is 65.9 Å². The van der Waals surface area contributed by atoms with Crippen molar-refractivity contribution in [3.63, 3.8) is 0 Å². The molecule has 0 spiro atoms. The molecule has 0 saturated heterocycles. The molecule has 1 aromatic carbocycles. The van der Waals surface area contributed by atoms with E-state index in [2.05, 4.69) is 4.98 Å². The Kier molecular flexibility index (Phi) is 2.52. The van der Waals surface area contributed by atoms with Gasteiger partial charge in [0.2, 0.25) is 5.78 Å². The molecule has 0 aliphatic heterocycles. The molecule has 0 radical (unpaired) electrons. The SMILES string of the molecule is Nc1ccc(C(=O)c2cnc3c(F)cccn23)cc1. The lowest BCUT2D eigenvalue weighted by Crippen LogP contribution is -2.05. The summed E-state index contributed by atoms with van der Waals surface area (Å²) in [4.78, 5) is 16.2. The summed E-state index contributed by atoms with van der Waals surface area (Å²) in [6.07, 6.45) is 2.98. The summed E-state index contributed by atoms with van der Waals surface area (Å²) in [7, 11) is 0. The quantitative estimate of drug-likeness (QED) is 0.564. The fraction of sp³-hybridized carbons (Fsp3) is 0. The van der Waals surface area contributed by atoms with Crippen LogP contribution in [0.1, 0.15) is 16.1 Å². The third-order valence-electron chi connectivity index (χ3n) is 2.89. The Morgan fingerprint density at radius 1 is 1.21 bits per heavy atom. The summed E-state index contributed by atoms with van der Waals surface area (Å²) in [6.45, 7) is 0. The second-order valence-corrected chi connectivity index (χ2v) is 4.14. The number of nitrogens with two attached hydrogens (primary N) is 1. The Morgan fingerprint density at radius 3 is 2.68 bits per heavy atom. The minimum atomic E-state index is -0.459. The number of carbonyl (C=O) groups excluding carboxylic acids is 1. The average Bonchev–Trinajstić information content (AvgIpc) is 2.84. The number of carbonyl (C=O) groups is 1. The third kappa shape index (κ3) is 1.85. The Morgan fingerprint density at radius 2 is 1.95 bits per heavy atom. The van der Waals surface area contributed by atoms with Crippen molar-refractivity contribution >= 4 is 17.1 Å². The highest BCUT2D eigenvalue weighted by Crippen LogP contribution is 2.15. The Balaban J connectivity index is 2.12. The number of nitrogens with zero attached hydrogens (tertiary/aromatic N) is 2. The van der Waals surface area contributed by atoms with Crippen LogP contribution in [0.3, 0.4) is 0 Å². The first-order chi connectivity index (χ1) is 9.16. The lowest BCUT2D eigenvalue weighted by Gasteiger charge is -2.02. The molecule has 0 amide bonds. The highest BCUT2D eigenvalue weighted by molar-refractivity contribution is 6.08. The van der Waals surface area contributed by atoms with Crippen molar-refractivity contribution in [1.29, 1.82) is 0 Å². The predicted molar refractivity (Wildman–Crippen MR) is 69.4 cm³/mol. The molecular weight excluding hydrogens is 245 g/mol. The highest BCUT2D eigenvalue weighted by Gasteiger charge is 2.15. The molecule has 2 aromatic heterocycles. The van der Waals surface area contributed by atoms with Gasteiger partial charge in [-0.05, 0) is 36.4 Å². The van der Waals surface area contributed by atoms with Gasteiger partial charge in [0, 0.05) is 17.4 Å². The standard InChI is InChI=1S/C14H10FN3O/c15-11-2-1-7-18-12(8-17-14(11)18)13(19)9-3-5-10(16)6-4-9/h1-8H,16H2. The number of imidazole rings is 1. The van der Waals surface area contributed by atoms with Crippen LogP contribution in [0, 0.1) is 5.82 Å². The third-order valence-corrected chi connectivity index (χ3v) is 2.89. The summed E-state index contributed by atoms with van der Waals surface area (Å²) in [6, 6.07) is 9.41. The highest BCUT2D eigenvalue weighted by atomic mass is 19.1. The van der Waals surface area contributed by atoms with Crippen molar-refractivity contribution in [2.24, 2.45) is 0 Å². The van der Waals surface area contributed by atoms with Gasteiger partial charge in [-0.1, -0.05) is 0 Å². The largest absolute Gasteiger partial charge is 0.399 e. The maximum atomic E-state index is 13.5. The summed E-state index contributed by atoms with van der Waals surface area (Å²) in [5.74, 6) is -0.683. The predicted octanol–water partition coefficient (Wildman–Crippen LogP) is 2.29. The number of rotatable bonds is 2. The second kappa shape index (κ2) is 4.20. The van der Waals surface area contributed by atoms with Crippen LogP contribution < -0.4 is 5.73 Å². The molecule has 4 nitrogen and oxygen atoms in total. The van der Waals surface area contributed by atoms with Gasteiger partial charge < -0.3 is 5.73 Å². The van der Waals surface area contributed by atoms with Crippen molar-refractivity contribution in [1.82, 2.24) is 9.38 Å². The molecule has 0 unspecified atom stereocenters. The van der Waals surface area contributed by atoms with E-state index in [9.17, 15) is 9.18 Å². The van der Waals surface area contributed by atoms with Crippen LogP contribution in [0.2, 0.25) is 0 Å². The van der Waals surface area contributed by atoms with Crippen LogP contribution in [-0.4, -0.2) is 15.2 Å². The fourth-order valence-electron chi connectivity index (χ4n) is 1.93. The minimum Gasteiger partial charge on any atom is -0.399 e. The molecule has 19 heavy (non-hydrogen) atoms. The lowest BCUT2D eigenvalue weighted by atomic mass is 10.1. The first-order valence-electron chi connectivity index (χ1n) is 5.68. The number of hydrogen-bond acceptors (Lipinski definition) is 3. The van der Waals surface area contributed by atoms with Crippen molar-refractivity contribution in [3.8, 4) is 0 Å². The molecule has 5 heteroatoms. The average molecular weight is 255 g/mol. The Labute approximate surface area is 108 Å². The number of anilines is 1. The number of pyridine rings is 1. The van der Waals surface area contributed by atoms with E-state index >= 15 is 0 Å². The molecule has 0 fully saturated rings. The zero-order valence-corrected chi connectivity index (χ0v) is 9.88. The molecule has 0 aliphatic rings. The van der Waals surface area contributed by atoms with E-state index in [4.69, 9.17) is 5.73 Å². The van der Waals surface area contributed by atoms with Gasteiger partial charge in [-0.25, -0.2) is 9.37 Å². The van der Waals surface area contributed by atoms with E-state index < -0.39 is 5.82 Å². The first-order valence-corrected chi connectivity index (χ1v) is 5.68. The van der Waals surface area contributed by atoms with Gasteiger partial charge in [-0.2, -0.15) is 0 Å². The van der Waals surface area contributed by atoms with E-state index in [1.54, 1.807) is 30.5 Å². The van der Waals surface area contributed by atoms with E-state index in [-0.39, 0.29) is 11.4 Å². The molecule has 0 aliphatic carbocycles. The molecule has 3 rings (SSSR count). The minimum absolute atomic E-state index is 0.140. The maximum absolute atomic E-state index is 13.5. The van der Waals surface area contributed by atoms with Crippen LogP contribution in [0.4, 0.5) is 10.1 Å². The zero-order valence-electron chi connectivity index (χ0n) is 9.88. The maximum Gasteiger partial charge on any atom is 0.211 e. The number of nitrogen functional groups attached to an aromatic ring is 1. The number of fused-ring (bicyclic) bond motifs is 1. The van der Waals surface area contributed by atoms with Crippen molar-refractivity contribution in [2.45, 2.75) is 0 Å². The molecule has 94 valence electrons. The van der Waals surface area contributed by atoms with Gasteiger partial charge in [0.1, 0.15) is 5.69 Å². The molecular formula is C14H10FN3O. The summed E-state index contributed by atoms with van der Waals surface area (Å²) in [5, 5.41) is 0. The van der Waals surface area contributed by atoms with Crippen LogP contribution in [0.15, 0.2) is 48.8 Å². The van der Waals surface area contributed by atoms with Crippen LogP contribution in [0.25, 0.3) is 5.65 Å². The van der Waals surface area contributed by atoms with Crippen LogP contribution in [-0.2, 0) is 0 Å². The van der Waals surface area contributed by atoms with Gasteiger partial charge in [-0.15, -0.1) is 0 Å². The molecule has 0 saturated carbocycles. The number of halogens is 1. The number of hydrogen-bond donors (Lipinski definition) is 1. The van der Waals surface area contributed by atoms with Crippen LogP contribution in [0.5, 0.6) is 0 Å². The second-order valence-electron chi connectivity index (χ2n) is 4.14. The Bertz CT molecular complexity index is 762. The molecule has 2 heterocycles. The normalized spacial score (nSPS) is 10.8. The molecule has 0 bridgehead atoms. The van der Waals surface area contributed by atoms with E-state index in [0.717, 1.165) is 0 Å². The lowest BCUT2D eigenvalue weighted by molar-refractivity contribution is 0.103. The van der Waals surface area contributed by atoms with E-state index in [1.807, 2.05) is 0 Å². The number of aromatic nitrogens is 2. The monoisotopic (exact) mass is 255 g/mol. The van der Waals surface area contributed by atoms with Crippen molar-refractivity contribution < 1.29 is 9.18 Å². The summed E-state index contributed by atoms with van der Waals surface area (Å²) < 4.78 is 14.9. The number of ketones is 1. The smallest absolute Gasteiger partial charge is 0.211 e. The summed E-state index contributed by atoms with van der Waals surface area (Å²) in [5.41, 5.74) is 7.11. The molecule has 2 N–H and O–H groups in total. The Hall–Kier alpha value is -2.69. The molecule has 3 aromatic rings. The van der Waals surface area contributed by atoms with Gasteiger partial charge in [-0.3, -0.25) is 9.20 Å². The van der Waals surface area contributed by atoms with Gasteiger partial charge in [0.05, 0.1) is 6.20 Å². The zero-order chi connectivity index (χ0) is 13.4. The van der Waals surface area contributed by atoms with Crippen LogP contribution >= 0.6 is 0 Å². The van der Waals surface area contributed by atoms with E-state index in [0.29, 0.717) is 16.9 Å². The first kappa shape index (κ1) is 11.4. The van der Waals surface area contributed by atoms with Crippen molar-refractivity contribution in [2.75, 3.05) is 5.73 Å². The molecule has 0 atom stereocenters.